The van der Waals surface area contributed by atoms with Crippen molar-refractivity contribution in [3.05, 3.63) is 22.5 Å². The molecular formula is C10H11N3O5. The zero-order chi connectivity index (χ0) is 13.1. The summed E-state index contributed by atoms with van der Waals surface area (Å²) in [6.45, 7) is 0. The molecule has 0 spiro atoms. The number of carbonyl (C=O) groups excluding carboxylic acids is 1. The molecule has 1 saturated heterocycles. The summed E-state index contributed by atoms with van der Waals surface area (Å²) < 4.78 is 5.07. The molecule has 1 aromatic rings. The summed E-state index contributed by atoms with van der Waals surface area (Å²) in [5, 5.41) is 16.9. The van der Waals surface area contributed by atoms with Crippen LogP contribution in [0.5, 0.6) is 0 Å². The topological polar surface area (TPSA) is 121 Å². The van der Waals surface area contributed by atoms with Gasteiger partial charge in [0, 0.05) is 6.07 Å². The number of nitrogens with one attached hydrogen (secondary N) is 2. The molecule has 1 aliphatic heterocycles. The fourth-order valence-electron chi connectivity index (χ4n) is 1.63. The first-order chi connectivity index (χ1) is 8.56. The second kappa shape index (κ2) is 4.96. The van der Waals surface area contributed by atoms with E-state index in [0.29, 0.717) is 12.8 Å². The van der Waals surface area contributed by atoms with Crippen molar-refractivity contribution in [3.8, 4) is 0 Å². The molecule has 1 aromatic heterocycles. The zero-order valence-electron chi connectivity index (χ0n) is 9.25. The van der Waals surface area contributed by atoms with Gasteiger partial charge in [-0.25, -0.2) is 9.89 Å². The number of H-pyrrole nitrogens is 1. The summed E-state index contributed by atoms with van der Waals surface area (Å²) >= 11 is 0. The highest BCUT2D eigenvalue weighted by atomic mass is 16.5. The minimum absolute atomic E-state index is 0.182. The minimum atomic E-state index is -1.08. The van der Waals surface area contributed by atoms with Crippen molar-refractivity contribution < 1.29 is 19.4 Å². The maximum absolute atomic E-state index is 11.7. The molecule has 96 valence electrons. The van der Waals surface area contributed by atoms with Crippen molar-refractivity contribution in [2.45, 2.75) is 25.0 Å². The van der Waals surface area contributed by atoms with Crippen LogP contribution >= 0.6 is 0 Å². The molecule has 3 N–H and O–H groups in total. The molecule has 1 fully saturated rings. The highest BCUT2D eigenvalue weighted by Gasteiger charge is 2.34. The molecule has 1 aliphatic rings. The minimum Gasteiger partial charge on any atom is -0.479 e. The van der Waals surface area contributed by atoms with Gasteiger partial charge in [0.2, 0.25) is 0 Å². The van der Waals surface area contributed by atoms with Crippen molar-refractivity contribution >= 4 is 17.7 Å². The van der Waals surface area contributed by atoms with Crippen molar-refractivity contribution in [2.75, 3.05) is 5.32 Å². The van der Waals surface area contributed by atoms with E-state index in [2.05, 4.69) is 15.5 Å². The van der Waals surface area contributed by atoms with E-state index >= 15 is 0 Å². The van der Waals surface area contributed by atoms with Gasteiger partial charge in [0.25, 0.3) is 11.5 Å². The van der Waals surface area contributed by atoms with Crippen LogP contribution < -0.4 is 10.9 Å². The van der Waals surface area contributed by atoms with Crippen LogP contribution in [0.1, 0.15) is 12.8 Å². The van der Waals surface area contributed by atoms with Crippen molar-refractivity contribution in [1.82, 2.24) is 10.2 Å². The van der Waals surface area contributed by atoms with Crippen LogP contribution in [-0.4, -0.2) is 39.4 Å². The third-order valence-corrected chi connectivity index (χ3v) is 2.52. The molecule has 1 amide bonds. The number of hydrogen-bond acceptors (Lipinski definition) is 5. The van der Waals surface area contributed by atoms with E-state index in [-0.39, 0.29) is 11.4 Å². The highest BCUT2D eigenvalue weighted by molar-refractivity contribution is 5.93. The smallest absolute Gasteiger partial charge is 0.332 e. The van der Waals surface area contributed by atoms with E-state index in [0.717, 1.165) is 0 Å². The van der Waals surface area contributed by atoms with Crippen LogP contribution in [0.15, 0.2) is 16.9 Å². The lowest BCUT2D eigenvalue weighted by Gasteiger charge is -2.10. The number of carboxylic acid groups (broad SMARTS) is 1. The van der Waals surface area contributed by atoms with Gasteiger partial charge in [0.05, 0.1) is 0 Å². The summed E-state index contributed by atoms with van der Waals surface area (Å²) in [6.07, 6.45) is -1.11. The number of aliphatic carboxylic acids is 1. The highest BCUT2D eigenvalue weighted by Crippen LogP contribution is 2.20. The normalized spacial score (nSPS) is 22.7. The Kier molecular flexibility index (Phi) is 3.38. The van der Waals surface area contributed by atoms with Gasteiger partial charge in [0.15, 0.2) is 11.9 Å². The van der Waals surface area contributed by atoms with Crippen LogP contribution in [0.2, 0.25) is 0 Å². The van der Waals surface area contributed by atoms with Crippen molar-refractivity contribution in [1.29, 1.82) is 0 Å². The third kappa shape index (κ3) is 2.72. The Morgan fingerprint density at radius 1 is 1.39 bits per heavy atom. The summed E-state index contributed by atoms with van der Waals surface area (Å²) in [6, 6.07) is 2.57. The Morgan fingerprint density at radius 2 is 2.11 bits per heavy atom. The van der Waals surface area contributed by atoms with Crippen LogP contribution in [-0.2, 0) is 14.3 Å². The number of carboxylic acids is 1. The lowest BCUT2D eigenvalue weighted by atomic mass is 10.2. The first-order valence-electron chi connectivity index (χ1n) is 5.31. The quantitative estimate of drug-likeness (QED) is 0.657. The second-order valence-electron chi connectivity index (χ2n) is 3.82. The molecule has 0 aromatic carbocycles. The number of anilines is 1. The molecule has 0 bridgehead atoms. The average molecular weight is 253 g/mol. The van der Waals surface area contributed by atoms with Crippen LogP contribution in [0.3, 0.4) is 0 Å². The zero-order valence-corrected chi connectivity index (χ0v) is 9.25. The largest absolute Gasteiger partial charge is 0.479 e. The van der Waals surface area contributed by atoms with Gasteiger partial charge in [-0.1, -0.05) is 0 Å². The van der Waals surface area contributed by atoms with Gasteiger partial charge in [-0.05, 0) is 18.9 Å². The molecule has 2 atom stereocenters. The lowest BCUT2D eigenvalue weighted by Crippen LogP contribution is -2.30. The van der Waals surface area contributed by atoms with Crippen LogP contribution in [0.25, 0.3) is 0 Å². The predicted molar refractivity (Wildman–Crippen MR) is 59.0 cm³/mol. The van der Waals surface area contributed by atoms with Gasteiger partial charge >= 0.3 is 5.97 Å². The first kappa shape index (κ1) is 12.2. The Bertz CT molecular complexity index is 506. The van der Waals surface area contributed by atoms with E-state index in [1.807, 2.05) is 0 Å². The molecule has 0 radical (unpaired) electrons. The summed E-state index contributed by atoms with van der Waals surface area (Å²) in [4.78, 5) is 33.1. The summed E-state index contributed by atoms with van der Waals surface area (Å²) in [7, 11) is 0. The Labute approximate surface area is 101 Å². The molecule has 8 heteroatoms. The molecule has 8 nitrogen and oxygen atoms in total. The van der Waals surface area contributed by atoms with Gasteiger partial charge < -0.3 is 15.2 Å². The van der Waals surface area contributed by atoms with Crippen molar-refractivity contribution in [2.24, 2.45) is 0 Å². The van der Waals surface area contributed by atoms with Gasteiger partial charge in [-0.3, -0.25) is 9.59 Å². The third-order valence-electron chi connectivity index (χ3n) is 2.52. The molecule has 0 saturated carbocycles. The van der Waals surface area contributed by atoms with E-state index in [9.17, 15) is 14.4 Å². The fourth-order valence-corrected chi connectivity index (χ4v) is 1.63. The maximum atomic E-state index is 11.7. The van der Waals surface area contributed by atoms with Gasteiger partial charge in [0.1, 0.15) is 6.10 Å². The molecule has 0 aliphatic carbocycles. The lowest BCUT2D eigenvalue weighted by molar-refractivity contribution is -0.150. The van der Waals surface area contributed by atoms with E-state index < -0.39 is 24.1 Å². The number of nitrogens with zero attached hydrogens (tertiary/aromatic N) is 1. The van der Waals surface area contributed by atoms with Crippen LogP contribution in [0.4, 0.5) is 5.82 Å². The van der Waals surface area contributed by atoms with Gasteiger partial charge in [-0.15, -0.1) is 0 Å². The number of hydrogen-bond donors (Lipinski definition) is 3. The number of carbonyl (C=O) groups is 2. The molecule has 2 rings (SSSR count). The Balaban J connectivity index is 1.95. The second-order valence-corrected chi connectivity index (χ2v) is 3.82. The first-order valence-corrected chi connectivity index (χ1v) is 5.31. The monoisotopic (exact) mass is 253 g/mol. The molecular weight excluding hydrogens is 242 g/mol. The van der Waals surface area contributed by atoms with E-state index in [1.54, 1.807) is 0 Å². The van der Waals surface area contributed by atoms with E-state index in [4.69, 9.17) is 9.84 Å². The number of aromatic nitrogens is 2. The fraction of sp³-hybridized carbons (Fsp3) is 0.400. The SMILES string of the molecule is O=C(Nc1ccc(=O)[nH]n1)[C@@H]1CC[C@H](C(=O)O)O1. The van der Waals surface area contributed by atoms with E-state index in [1.165, 1.54) is 12.1 Å². The number of ether oxygens (including phenoxy) is 1. The molecule has 2 heterocycles. The van der Waals surface area contributed by atoms with Crippen molar-refractivity contribution in [3.63, 3.8) is 0 Å². The Hall–Kier alpha value is -2.22. The average Bonchev–Trinajstić information content (AvgIpc) is 2.81. The predicted octanol–water partition coefficient (Wildman–Crippen LogP) is -0.659. The standard InChI is InChI=1S/C10H11N3O5/c14-8-4-3-7(12-13-8)11-9(15)5-1-2-6(18-5)10(16)17/h3-6H,1-2H2,(H,13,14)(H,16,17)(H,11,12,15)/t5-,6+/m0/s1. The Morgan fingerprint density at radius 3 is 2.67 bits per heavy atom. The summed E-state index contributed by atoms with van der Waals surface area (Å²) in [5.41, 5.74) is -0.379. The van der Waals surface area contributed by atoms with Crippen LogP contribution in [0, 0.1) is 0 Å². The number of amides is 1. The number of rotatable bonds is 3. The maximum Gasteiger partial charge on any atom is 0.332 e. The number of aromatic amines is 1. The summed E-state index contributed by atoms with van der Waals surface area (Å²) in [5.74, 6) is -1.37. The van der Waals surface area contributed by atoms with Gasteiger partial charge in [-0.2, -0.15) is 5.10 Å². The molecule has 18 heavy (non-hydrogen) atoms. The molecule has 0 unspecified atom stereocenters.